The Bertz CT molecular complexity index is 247. The molecule has 0 atom stereocenters. The number of thiol groups is 1. The SMILES string of the molecule is CC(C)CCCCCCCCCCCCNC(=O)CNCS. The highest BCUT2D eigenvalue weighted by Gasteiger charge is 1.98. The van der Waals surface area contributed by atoms with E-state index in [0.717, 1.165) is 18.9 Å². The molecule has 0 saturated carbocycles. The summed E-state index contributed by atoms with van der Waals surface area (Å²) in [5.74, 6) is 1.49. The van der Waals surface area contributed by atoms with Gasteiger partial charge in [0, 0.05) is 12.4 Å². The molecule has 0 aliphatic rings. The van der Waals surface area contributed by atoms with Gasteiger partial charge in [-0.15, -0.1) is 0 Å². The van der Waals surface area contributed by atoms with Gasteiger partial charge in [-0.1, -0.05) is 78.1 Å². The topological polar surface area (TPSA) is 41.1 Å². The zero-order valence-corrected chi connectivity index (χ0v) is 15.7. The number of hydrogen-bond donors (Lipinski definition) is 3. The first-order valence-electron chi connectivity index (χ1n) is 9.25. The Morgan fingerprint density at radius 3 is 1.86 bits per heavy atom. The Balaban J connectivity index is 3.07. The maximum absolute atomic E-state index is 11.3. The lowest BCUT2D eigenvalue weighted by molar-refractivity contribution is -0.120. The van der Waals surface area contributed by atoms with Gasteiger partial charge in [0.1, 0.15) is 0 Å². The van der Waals surface area contributed by atoms with Crippen molar-refractivity contribution in [2.24, 2.45) is 5.92 Å². The smallest absolute Gasteiger partial charge is 0.233 e. The fraction of sp³-hybridized carbons (Fsp3) is 0.944. The first kappa shape index (κ1) is 21.8. The van der Waals surface area contributed by atoms with Crippen molar-refractivity contribution in [2.75, 3.05) is 19.0 Å². The summed E-state index contributed by atoms with van der Waals surface area (Å²) >= 11 is 4.00. The Hall–Kier alpha value is -0.220. The van der Waals surface area contributed by atoms with Gasteiger partial charge in [0.15, 0.2) is 0 Å². The van der Waals surface area contributed by atoms with E-state index in [0.29, 0.717) is 12.4 Å². The van der Waals surface area contributed by atoms with Gasteiger partial charge in [-0.3, -0.25) is 10.1 Å². The molecule has 1 amide bonds. The molecule has 0 aromatic heterocycles. The molecule has 0 spiro atoms. The predicted molar refractivity (Wildman–Crippen MR) is 100 cm³/mol. The van der Waals surface area contributed by atoms with E-state index >= 15 is 0 Å². The summed E-state index contributed by atoms with van der Waals surface area (Å²) in [5.41, 5.74) is 0. The maximum atomic E-state index is 11.3. The van der Waals surface area contributed by atoms with Gasteiger partial charge in [0.05, 0.1) is 6.54 Å². The van der Waals surface area contributed by atoms with E-state index in [9.17, 15) is 4.79 Å². The van der Waals surface area contributed by atoms with Crippen LogP contribution in [0.4, 0.5) is 0 Å². The first-order valence-corrected chi connectivity index (χ1v) is 9.88. The number of rotatable bonds is 16. The number of carbonyl (C=O) groups excluding carboxylic acids is 1. The Labute approximate surface area is 143 Å². The Morgan fingerprint density at radius 1 is 0.864 bits per heavy atom. The largest absolute Gasteiger partial charge is 0.355 e. The van der Waals surface area contributed by atoms with Crippen LogP contribution in [0.15, 0.2) is 0 Å². The molecular weight excluding hydrogens is 292 g/mol. The van der Waals surface area contributed by atoms with Gasteiger partial charge in [0.2, 0.25) is 5.91 Å². The Kier molecular flexibility index (Phi) is 17.0. The van der Waals surface area contributed by atoms with E-state index in [1.54, 1.807) is 0 Å². The highest BCUT2D eigenvalue weighted by atomic mass is 32.1. The molecule has 132 valence electrons. The summed E-state index contributed by atoms with van der Waals surface area (Å²) in [7, 11) is 0. The van der Waals surface area contributed by atoms with Gasteiger partial charge >= 0.3 is 0 Å². The van der Waals surface area contributed by atoms with Crippen LogP contribution in [-0.2, 0) is 4.79 Å². The molecule has 0 radical (unpaired) electrons. The van der Waals surface area contributed by atoms with Crippen molar-refractivity contribution in [3.05, 3.63) is 0 Å². The number of amides is 1. The molecule has 0 aromatic carbocycles. The van der Waals surface area contributed by atoms with E-state index < -0.39 is 0 Å². The number of nitrogens with one attached hydrogen (secondary N) is 2. The van der Waals surface area contributed by atoms with Crippen LogP contribution in [0.1, 0.15) is 84.5 Å². The molecule has 22 heavy (non-hydrogen) atoms. The lowest BCUT2D eigenvalue weighted by atomic mass is 10.0. The maximum Gasteiger partial charge on any atom is 0.233 e. The minimum absolute atomic E-state index is 0.0755. The molecule has 0 fully saturated rings. The van der Waals surface area contributed by atoms with Crippen molar-refractivity contribution < 1.29 is 4.79 Å². The van der Waals surface area contributed by atoms with Crippen LogP contribution in [0, 0.1) is 5.92 Å². The minimum atomic E-state index is 0.0755. The normalized spacial score (nSPS) is 11.1. The molecule has 0 aromatic rings. The van der Waals surface area contributed by atoms with Crippen LogP contribution in [0.3, 0.4) is 0 Å². The van der Waals surface area contributed by atoms with Gasteiger partial charge < -0.3 is 5.32 Å². The molecule has 3 nitrogen and oxygen atoms in total. The van der Waals surface area contributed by atoms with Crippen LogP contribution in [0.25, 0.3) is 0 Å². The van der Waals surface area contributed by atoms with Crippen molar-refractivity contribution in [1.29, 1.82) is 0 Å². The molecule has 2 N–H and O–H groups in total. The fourth-order valence-corrected chi connectivity index (χ4v) is 2.66. The molecule has 0 bridgehead atoms. The van der Waals surface area contributed by atoms with Crippen molar-refractivity contribution in [2.45, 2.75) is 84.5 Å². The molecule has 0 rings (SSSR count). The highest BCUT2D eigenvalue weighted by molar-refractivity contribution is 7.80. The zero-order valence-electron chi connectivity index (χ0n) is 14.8. The average Bonchev–Trinajstić information content (AvgIpc) is 2.49. The van der Waals surface area contributed by atoms with Crippen LogP contribution in [-0.4, -0.2) is 24.9 Å². The molecule has 0 aliphatic heterocycles. The molecule has 0 aliphatic carbocycles. The van der Waals surface area contributed by atoms with Gasteiger partial charge in [0.25, 0.3) is 0 Å². The van der Waals surface area contributed by atoms with E-state index in [-0.39, 0.29) is 5.91 Å². The number of hydrogen-bond acceptors (Lipinski definition) is 3. The van der Waals surface area contributed by atoms with Crippen molar-refractivity contribution in [1.82, 2.24) is 10.6 Å². The van der Waals surface area contributed by atoms with Crippen molar-refractivity contribution in [3.8, 4) is 0 Å². The van der Waals surface area contributed by atoms with Gasteiger partial charge in [-0.2, -0.15) is 12.6 Å². The summed E-state index contributed by atoms with van der Waals surface area (Å²) < 4.78 is 0. The third-order valence-electron chi connectivity index (χ3n) is 3.93. The average molecular weight is 331 g/mol. The lowest BCUT2D eigenvalue weighted by Gasteiger charge is -2.06. The highest BCUT2D eigenvalue weighted by Crippen LogP contribution is 2.13. The predicted octanol–water partition coefficient (Wildman–Crippen LogP) is 4.53. The standard InChI is InChI=1S/C18H38N2OS/c1-17(2)13-11-9-7-5-3-4-6-8-10-12-14-20-18(21)15-19-16-22/h17,19,22H,3-16H2,1-2H3,(H,20,21). The number of unbranched alkanes of at least 4 members (excludes halogenated alkanes) is 9. The van der Waals surface area contributed by atoms with Crippen LogP contribution in [0.5, 0.6) is 0 Å². The summed E-state index contributed by atoms with van der Waals surface area (Å²) in [6, 6.07) is 0. The monoisotopic (exact) mass is 330 g/mol. The molecular formula is C18H38N2OS. The van der Waals surface area contributed by atoms with Crippen molar-refractivity contribution in [3.63, 3.8) is 0 Å². The molecule has 0 heterocycles. The summed E-state index contributed by atoms with van der Waals surface area (Å²) in [6.07, 6.45) is 14.8. The van der Waals surface area contributed by atoms with Crippen LogP contribution in [0.2, 0.25) is 0 Å². The second-order valence-electron chi connectivity index (χ2n) is 6.65. The van der Waals surface area contributed by atoms with E-state index in [1.165, 1.54) is 64.2 Å². The third-order valence-corrected chi connectivity index (χ3v) is 4.15. The lowest BCUT2D eigenvalue weighted by Crippen LogP contribution is -2.33. The van der Waals surface area contributed by atoms with E-state index in [1.807, 2.05) is 0 Å². The Morgan fingerprint density at radius 2 is 1.36 bits per heavy atom. The van der Waals surface area contributed by atoms with E-state index in [2.05, 4.69) is 37.1 Å². The second-order valence-corrected chi connectivity index (χ2v) is 6.97. The summed E-state index contributed by atoms with van der Waals surface area (Å²) in [5, 5.41) is 5.82. The molecule has 4 heteroatoms. The quantitative estimate of drug-likeness (QED) is 0.221. The molecule has 0 saturated heterocycles. The summed E-state index contributed by atoms with van der Waals surface area (Å²) in [4.78, 5) is 11.3. The third kappa shape index (κ3) is 17.8. The summed E-state index contributed by atoms with van der Waals surface area (Å²) in [6.45, 7) is 5.80. The van der Waals surface area contributed by atoms with Crippen LogP contribution < -0.4 is 10.6 Å². The second kappa shape index (κ2) is 17.1. The zero-order chi connectivity index (χ0) is 16.5. The first-order chi connectivity index (χ1) is 10.7. The molecule has 0 unspecified atom stereocenters. The van der Waals surface area contributed by atoms with Gasteiger partial charge in [-0.05, 0) is 12.3 Å². The van der Waals surface area contributed by atoms with Crippen LogP contribution >= 0.6 is 12.6 Å². The fourth-order valence-electron chi connectivity index (χ4n) is 2.55. The van der Waals surface area contributed by atoms with Crippen molar-refractivity contribution >= 4 is 18.5 Å². The number of carbonyl (C=O) groups is 1. The van der Waals surface area contributed by atoms with Gasteiger partial charge in [-0.25, -0.2) is 0 Å². The van der Waals surface area contributed by atoms with E-state index in [4.69, 9.17) is 0 Å². The minimum Gasteiger partial charge on any atom is -0.355 e.